The Morgan fingerprint density at radius 2 is 2.04 bits per heavy atom. The molecule has 9 heteroatoms. The Morgan fingerprint density at radius 3 is 2.71 bits per heavy atom. The fraction of sp³-hybridized carbons (Fsp3) is 0.333. The Hall–Kier alpha value is -1.48. The summed E-state index contributed by atoms with van der Waals surface area (Å²) in [5, 5.41) is 5.33. The molecule has 1 aromatic carbocycles. The van der Waals surface area contributed by atoms with E-state index in [9.17, 15) is 13.2 Å². The third-order valence-corrected chi connectivity index (χ3v) is 4.78. The van der Waals surface area contributed by atoms with Crippen LogP contribution in [0.25, 0.3) is 0 Å². The summed E-state index contributed by atoms with van der Waals surface area (Å²) in [4.78, 5) is 16.3. The standard InChI is InChI=1S/C15H19N3O3S2.ClH/c1-23(20,21)10-12-4-2-3-11(7-12)8-17-15(19)13-9-22-14(18-13)5-6-16;/h2-4,7,9H,5-6,8,10,16H2,1H3,(H,17,19);1H. The molecule has 0 saturated heterocycles. The van der Waals surface area contributed by atoms with Gasteiger partial charge in [-0.3, -0.25) is 4.79 Å². The Balaban J connectivity index is 0.00000288. The van der Waals surface area contributed by atoms with Crippen molar-refractivity contribution in [2.75, 3.05) is 12.8 Å². The number of nitrogens with two attached hydrogens (primary N) is 1. The van der Waals surface area contributed by atoms with Crippen molar-refractivity contribution in [2.24, 2.45) is 5.73 Å². The summed E-state index contributed by atoms with van der Waals surface area (Å²) in [6.07, 6.45) is 1.86. The number of sulfone groups is 1. The van der Waals surface area contributed by atoms with Crippen molar-refractivity contribution < 1.29 is 13.2 Å². The number of nitrogens with zero attached hydrogens (tertiary/aromatic N) is 1. The van der Waals surface area contributed by atoms with Gasteiger partial charge >= 0.3 is 0 Å². The molecule has 1 amide bonds. The molecule has 6 nitrogen and oxygen atoms in total. The first-order valence-electron chi connectivity index (χ1n) is 7.05. The lowest BCUT2D eigenvalue weighted by molar-refractivity contribution is 0.0946. The quantitative estimate of drug-likeness (QED) is 0.747. The van der Waals surface area contributed by atoms with Crippen LogP contribution in [0.2, 0.25) is 0 Å². The minimum Gasteiger partial charge on any atom is -0.347 e. The number of hydrogen-bond acceptors (Lipinski definition) is 6. The van der Waals surface area contributed by atoms with Gasteiger partial charge in [0.15, 0.2) is 9.84 Å². The van der Waals surface area contributed by atoms with E-state index < -0.39 is 9.84 Å². The van der Waals surface area contributed by atoms with E-state index in [0.29, 0.717) is 30.8 Å². The number of rotatable bonds is 7. The van der Waals surface area contributed by atoms with E-state index in [1.165, 1.54) is 17.6 Å². The van der Waals surface area contributed by atoms with Crippen molar-refractivity contribution in [3.8, 4) is 0 Å². The van der Waals surface area contributed by atoms with E-state index in [2.05, 4.69) is 10.3 Å². The summed E-state index contributed by atoms with van der Waals surface area (Å²) in [5.41, 5.74) is 7.39. The van der Waals surface area contributed by atoms with Crippen LogP contribution in [0.5, 0.6) is 0 Å². The van der Waals surface area contributed by atoms with Gasteiger partial charge in [-0.1, -0.05) is 24.3 Å². The number of carbonyl (C=O) groups is 1. The van der Waals surface area contributed by atoms with E-state index >= 15 is 0 Å². The highest BCUT2D eigenvalue weighted by molar-refractivity contribution is 7.89. The molecular weight excluding hydrogens is 370 g/mol. The number of hydrogen-bond donors (Lipinski definition) is 2. The van der Waals surface area contributed by atoms with Crippen molar-refractivity contribution in [1.29, 1.82) is 0 Å². The summed E-state index contributed by atoms with van der Waals surface area (Å²) in [6.45, 7) is 0.821. The second kappa shape index (κ2) is 9.12. The number of carbonyl (C=O) groups excluding carboxylic acids is 1. The van der Waals surface area contributed by atoms with Crippen molar-refractivity contribution in [3.63, 3.8) is 0 Å². The SMILES string of the molecule is CS(=O)(=O)Cc1cccc(CNC(=O)c2csc(CCN)n2)c1.Cl. The largest absolute Gasteiger partial charge is 0.347 e. The topological polar surface area (TPSA) is 102 Å². The van der Waals surface area contributed by atoms with Gasteiger partial charge in [0.1, 0.15) is 5.69 Å². The molecule has 2 rings (SSSR count). The van der Waals surface area contributed by atoms with Gasteiger partial charge in [0.05, 0.1) is 10.8 Å². The maximum absolute atomic E-state index is 12.1. The van der Waals surface area contributed by atoms with E-state index in [0.717, 1.165) is 10.6 Å². The molecule has 0 unspecified atom stereocenters. The molecule has 1 aromatic heterocycles. The molecule has 24 heavy (non-hydrogen) atoms. The average Bonchev–Trinajstić information content (AvgIpc) is 2.92. The molecular formula is C15H20ClN3O3S2. The van der Waals surface area contributed by atoms with Crippen LogP contribution in [0.4, 0.5) is 0 Å². The molecule has 0 atom stereocenters. The Bertz CT molecular complexity index is 791. The third-order valence-electron chi connectivity index (χ3n) is 3.02. The highest BCUT2D eigenvalue weighted by Crippen LogP contribution is 2.11. The molecule has 3 N–H and O–H groups in total. The zero-order chi connectivity index (χ0) is 16.9. The molecule has 0 radical (unpaired) electrons. The van der Waals surface area contributed by atoms with Crippen LogP contribution in [0.1, 0.15) is 26.6 Å². The lowest BCUT2D eigenvalue weighted by atomic mass is 10.1. The monoisotopic (exact) mass is 389 g/mol. The first kappa shape index (κ1) is 20.6. The van der Waals surface area contributed by atoms with E-state index in [1.54, 1.807) is 23.6 Å². The highest BCUT2D eigenvalue weighted by Gasteiger charge is 2.11. The number of halogens is 1. The second-order valence-electron chi connectivity index (χ2n) is 5.24. The first-order chi connectivity index (χ1) is 10.9. The van der Waals surface area contributed by atoms with Crippen molar-refractivity contribution in [1.82, 2.24) is 10.3 Å². The summed E-state index contributed by atoms with van der Waals surface area (Å²) in [5.74, 6) is -0.262. The van der Waals surface area contributed by atoms with Gasteiger partial charge < -0.3 is 11.1 Å². The van der Waals surface area contributed by atoms with Crippen molar-refractivity contribution >= 4 is 39.5 Å². The molecule has 0 saturated carbocycles. The fourth-order valence-electron chi connectivity index (χ4n) is 2.06. The van der Waals surface area contributed by atoms with Crippen LogP contribution in [-0.2, 0) is 28.6 Å². The lowest BCUT2D eigenvalue weighted by Gasteiger charge is -2.06. The predicted molar refractivity (Wildman–Crippen MR) is 98.3 cm³/mol. The zero-order valence-corrected chi connectivity index (χ0v) is 15.6. The van der Waals surface area contributed by atoms with Crippen molar-refractivity contribution in [2.45, 2.75) is 18.7 Å². The normalized spacial score (nSPS) is 10.9. The van der Waals surface area contributed by atoms with Crippen LogP contribution in [-0.4, -0.2) is 32.1 Å². The smallest absolute Gasteiger partial charge is 0.271 e. The summed E-state index contributed by atoms with van der Waals surface area (Å²) in [6, 6.07) is 7.16. The first-order valence-corrected chi connectivity index (χ1v) is 9.99. The molecule has 132 valence electrons. The van der Waals surface area contributed by atoms with Gasteiger partial charge in [-0.25, -0.2) is 13.4 Å². The summed E-state index contributed by atoms with van der Waals surface area (Å²) in [7, 11) is -3.08. The highest BCUT2D eigenvalue weighted by atomic mass is 35.5. The molecule has 0 spiro atoms. The van der Waals surface area contributed by atoms with Crippen LogP contribution in [0, 0.1) is 0 Å². The van der Waals surface area contributed by atoms with Crippen LogP contribution < -0.4 is 11.1 Å². The van der Waals surface area contributed by atoms with Gasteiger partial charge in [-0.05, 0) is 17.7 Å². The summed E-state index contributed by atoms with van der Waals surface area (Å²) >= 11 is 1.41. The van der Waals surface area contributed by atoms with Crippen LogP contribution in [0.3, 0.4) is 0 Å². The van der Waals surface area contributed by atoms with Gasteiger partial charge in [0.2, 0.25) is 0 Å². The molecule has 0 fully saturated rings. The molecule has 0 bridgehead atoms. The molecule has 1 heterocycles. The maximum Gasteiger partial charge on any atom is 0.271 e. The number of thiazole rings is 1. The van der Waals surface area contributed by atoms with Gasteiger partial charge in [-0.2, -0.15) is 0 Å². The van der Waals surface area contributed by atoms with Crippen molar-refractivity contribution in [3.05, 3.63) is 51.5 Å². The molecule has 0 aliphatic rings. The predicted octanol–water partition coefficient (Wildman–Crippen LogP) is 1.54. The number of aromatic nitrogens is 1. The molecule has 2 aromatic rings. The summed E-state index contributed by atoms with van der Waals surface area (Å²) < 4.78 is 22.7. The van der Waals surface area contributed by atoms with E-state index in [1.807, 2.05) is 6.07 Å². The molecule has 0 aliphatic heterocycles. The van der Waals surface area contributed by atoms with Gasteiger partial charge in [-0.15, -0.1) is 23.7 Å². The van der Waals surface area contributed by atoms with E-state index in [4.69, 9.17) is 5.73 Å². The van der Waals surface area contributed by atoms with Crippen LogP contribution in [0.15, 0.2) is 29.6 Å². The maximum atomic E-state index is 12.1. The van der Waals surface area contributed by atoms with E-state index in [-0.39, 0.29) is 24.1 Å². The fourth-order valence-corrected chi connectivity index (χ4v) is 3.64. The Labute approximate surface area is 151 Å². The average molecular weight is 390 g/mol. The minimum atomic E-state index is -3.08. The van der Waals surface area contributed by atoms with Crippen LogP contribution >= 0.6 is 23.7 Å². The number of amides is 1. The lowest BCUT2D eigenvalue weighted by Crippen LogP contribution is -2.23. The number of benzene rings is 1. The van der Waals surface area contributed by atoms with Gasteiger partial charge in [0.25, 0.3) is 5.91 Å². The Morgan fingerprint density at radius 1 is 1.33 bits per heavy atom. The molecule has 0 aliphatic carbocycles. The minimum absolute atomic E-state index is 0. The van der Waals surface area contributed by atoms with Gasteiger partial charge in [0, 0.05) is 24.6 Å². The number of nitrogens with one attached hydrogen (secondary N) is 1. The second-order valence-corrected chi connectivity index (χ2v) is 8.32. The third kappa shape index (κ3) is 6.56. The zero-order valence-electron chi connectivity index (χ0n) is 13.2. The Kier molecular flexibility index (Phi) is 7.82.